The van der Waals surface area contributed by atoms with Crippen LogP contribution in [0.2, 0.25) is 0 Å². The van der Waals surface area contributed by atoms with Gasteiger partial charge in [0.2, 0.25) is 5.91 Å². The number of carbonyl (C=O) groups excluding carboxylic acids is 1. The molecule has 0 spiro atoms. The second-order valence-electron chi connectivity index (χ2n) is 4.76. The highest BCUT2D eigenvalue weighted by molar-refractivity contribution is 5.72. The molecule has 90 valence electrons. The summed E-state index contributed by atoms with van der Waals surface area (Å²) in [5.74, 6) is 1.46. The largest absolute Gasteiger partial charge is 0.356 e. The van der Waals surface area contributed by atoms with E-state index >= 15 is 0 Å². The molecule has 1 amide bonds. The predicted octanol–water partition coefficient (Wildman–Crippen LogP) is 1.78. The van der Waals surface area contributed by atoms with Crippen molar-refractivity contribution in [2.75, 3.05) is 19.6 Å². The lowest BCUT2D eigenvalue weighted by Crippen LogP contribution is -2.27. The first kappa shape index (κ1) is 14.4. The van der Waals surface area contributed by atoms with E-state index < -0.39 is 0 Å². The Morgan fingerprint density at radius 1 is 1.13 bits per heavy atom. The van der Waals surface area contributed by atoms with Crippen LogP contribution in [0.4, 0.5) is 0 Å². The van der Waals surface area contributed by atoms with Crippen molar-refractivity contribution < 1.29 is 4.79 Å². The Morgan fingerprint density at radius 2 is 1.80 bits per heavy atom. The first-order valence-electron chi connectivity index (χ1n) is 5.97. The van der Waals surface area contributed by atoms with Gasteiger partial charge in [-0.1, -0.05) is 20.8 Å². The molecule has 2 N–H and O–H groups in total. The Labute approximate surface area is 94.0 Å². The van der Waals surface area contributed by atoms with E-state index in [1.807, 2.05) is 0 Å². The smallest absolute Gasteiger partial charge is 0.216 e. The molecule has 0 aromatic carbocycles. The van der Waals surface area contributed by atoms with Crippen LogP contribution in [0.5, 0.6) is 0 Å². The van der Waals surface area contributed by atoms with Crippen molar-refractivity contribution in [1.82, 2.24) is 10.6 Å². The van der Waals surface area contributed by atoms with Crippen molar-refractivity contribution in [2.24, 2.45) is 11.8 Å². The predicted molar refractivity (Wildman–Crippen MR) is 64.8 cm³/mol. The zero-order valence-electron chi connectivity index (χ0n) is 10.6. The zero-order chi connectivity index (χ0) is 11.7. The van der Waals surface area contributed by atoms with E-state index in [2.05, 4.69) is 31.4 Å². The Bertz CT molecular complexity index is 169. The SMILES string of the molecule is CC(=O)NCCC(C)CNCCC(C)C. The molecule has 0 rings (SSSR count). The molecule has 0 heterocycles. The van der Waals surface area contributed by atoms with E-state index in [1.165, 1.54) is 6.42 Å². The molecule has 0 radical (unpaired) electrons. The Hall–Kier alpha value is -0.570. The summed E-state index contributed by atoms with van der Waals surface area (Å²) in [5, 5.41) is 6.26. The van der Waals surface area contributed by atoms with Crippen molar-refractivity contribution in [3.63, 3.8) is 0 Å². The van der Waals surface area contributed by atoms with Gasteiger partial charge in [0.25, 0.3) is 0 Å². The minimum atomic E-state index is 0.0648. The van der Waals surface area contributed by atoms with Crippen molar-refractivity contribution in [2.45, 2.75) is 40.5 Å². The van der Waals surface area contributed by atoms with Crippen LogP contribution in [0.3, 0.4) is 0 Å². The van der Waals surface area contributed by atoms with Crippen LogP contribution in [0, 0.1) is 11.8 Å². The number of nitrogens with one attached hydrogen (secondary N) is 2. The summed E-state index contributed by atoms with van der Waals surface area (Å²) in [5.41, 5.74) is 0. The zero-order valence-corrected chi connectivity index (χ0v) is 10.6. The molecule has 1 atom stereocenters. The van der Waals surface area contributed by atoms with Crippen LogP contribution in [0.1, 0.15) is 40.5 Å². The monoisotopic (exact) mass is 214 g/mol. The van der Waals surface area contributed by atoms with Crippen LogP contribution in [0.15, 0.2) is 0 Å². The van der Waals surface area contributed by atoms with Gasteiger partial charge in [0.05, 0.1) is 0 Å². The fourth-order valence-electron chi connectivity index (χ4n) is 1.34. The number of rotatable bonds is 8. The number of hydrogen-bond donors (Lipinski definition) is 2. The highest BCUT2D eigenvalue weighted by atomic mass is 16.1. The normalized spacial score (nSPS) is 12.9. The van der Waals surface area contributed by atoms with Crippen molar-refractivity contribution >= 4 is 5.91 Å². The van der Waals surface area contributed by atoms with Crippen molar-refractivity contribution in [1.29, 1.82) is 0 Å². The highest BCUT2D eigenvalue weighted by Gasteiger charge is 2.02. The maximum atomic E-state index is 10.6. The Balaban J connectivity index is 3.25. The molecule has 15 heavy (non-hydrogen) atoms. The van der Waals surface area contributed by atoms with Crippen LogP contribution < -0.4 is 10.6 Å². The molecule has 0 bridgehead atoms. The van der Waals surface area contributed by atoms with E-state index in [9.17, 15) is 4.79 Å². The molecule has 0 saturated carbocycles. The van der Waals surface area contributed by atoms with Gasteiger partial charge in [-0.25, -0.2) is 0 Å². The lowest BCUT2D eigenvalue weighted by Gasteiger charge is -2.13. The highest BCUT2D eigenvalue weighted by Crippen LogP contribution is 2.00. The Morgan fingerprint density at radius 3 is 2.33 bits per heavy atom. The second-order valence-corrected chi connectivity index (χ2v) is 4.76. The van der Waals surface area contributed by atoms with Gasteiger partial charge in [-0.2, -0.15) is 0 Å². The lowest BCUT2D eigenvalue weighted by atomic mass is 10.1. The minimum Gasteiger partial charge on any atom is -0.356 e. The average molecular weight is 214 g/mol. The summed E-state index contributed by atoms with van der Waals surface area (Å²) in [4.78, 5) is 10.6. The van der Waals surface area contributed by atoms with E-state index in [1.54, 1.807) is 6.92 Å². The van der Waals surface area contributed by atoms with Gasteiger partial charge < -0.3 is 10.6 Å². The van der Waals surface area contributed by atoms with Gasteiger partial charge in [-0.05, 0) is 37.8 Å². The summed E-state index contributed by atoms with van der Waals surface area (Å²) >= 11 is 0. The number of hydrogen-bond acceptors (Lipinski definition) is 2. The average Bonchev–Trinajstić information content (AvgIpc) is 2.11. The summed E-state index contributed by atoms with van der Waals surface area (Å²) in [6.07, 6.45) is 2.28. The third-order valence-electron chi connectivity index (χ3n) is 2.40. The van der Waals surface area contributed by atoms with Crippen LogP contribution in [0.25, 0.3) is 0 Å². The van der Waals surface area contributed by atoms with Crippen molar-refractivity contribution in [3.8, 4) is 0 Å². The topological polar surface area (TPSA) is 41.1 Å². The third-order valence-corrected chi connectivity index (χ3v) is 2.40. The Kier molecular flexibility index (Phi) is 8.38. The first-order chi connectivity index (χ1) is 7.02. The molecule has 0 aliphatic carbocycles. The molecule has 1 unspecified atom stereocenters. The van der Waals surface area contributed by atoms with E-state index in [-0.39, 0.29) is 5.91 Å². The van der Waals surface area contributed by atoms with Crippen LogP contribution in [-0.4, -0.2) is 25.5 Å². The molecule has 3 heteroatoms. The lowest BCUT2D eigenvalue weighted by molar-refractivity contribution is -0.118. The quantitative estimate of drug-likeness (QED) is 0.605. The van der Waals surface area contributed by atoms with E-state index in [0.29, 0.717) is 5.92 Å². The summed E-state index contributed by atoms with van der Waals surface area (Å²) in [6.45, 7) is 11.2. The molecule has 0 aliphatic heterocycles. The van der Waals surface area contributed by atoms with Crippen molar-refractivity contribution in [3.05, 3.63) is 0 Å². The van der Waals surface area contributed by atoms with Crippen LogP contribution in [-0.2, 0) is 4.79 Å². The molecule has 0 aliphatic rings. The van der Waals surface area contributed by atoms with Gasteiger partial charge in [0.15, 0.2) is 0 Å². The van der Waals surface area contributed by atoms with E-state index in [4.69, 9.17) is 0 Å². The molecular formula is C12H26N2O. The maximum absolute atomic E-state index is 10.6. The molecule has 0 aromatic rings. The first-order valence-corrected chi connectivity index (χ1v) is 5.97. The fourth-order valence-corrected chi connectivity index (χ4v) is 1.34. The number of carbonyl (C=O) groups is 1. The molecule has 3 nitrogen and oxygen atoms in total. The van der Waals surface area contributed by atoms with E-state index in [0.717, 1.165) is 32.0 Å². The maximum Gasteiger partial charge on any atom is 0.216 e. The molecule has 0 saturated heterocycles. The minimum absolute atomic E-state index is 0.0648. The van der Waals surface area contributed by atoms with Gasteiger partial charge in [-0.3, -0.25) is 4.79 Å². The molecule has 0 aromatic heterocycles. The standard InChI is InChI=1S/C12H26N2O/c1-10(2)5-7-13-9-11(3)6-8-14-12(4)15/h10-11,13H,5-9H2,1-4H3,(H,14,15). The third kappa shape index (κ3) is 11.4. The molecular weight excluding hydrogens is 188 g/mol. The van der Waals surface area contributed by atoms with Gasteiger partial charge >= 0.3 is 0 Å². The van der Waals surface area contributed by atoms with Gasteiger partial charge in [-0.15, -0.1) is 0 Å². The number of amides is 1. The second kappa shape index (κ2) is 8.72. The fraction of sp³-hybridized carbons (Fsp3) is 0.917. The summed E-state index contributed by atoms with van der Waals surface area (Å²) < 4.78 is 0. The van der Waals surface area contributed by atoms with Gasteiger partial charge in [0.1, 0.15) is 0 Å². The molecule has 0 fully saturated rings. The van der Waals surface area contributed by atoms with Gasteiger partial charge in [0, 0.05) is 13.5 Å². The summed E-state index contributed by atoms with van der Waals surface area (Å²) in [6, 6.07) is 0. The van der Waals surface area contributed by atoms with Crippen LogP contribution >= 0.6 is 0 Å². The summed E-state index contributed by atoms with van der Waals surface area (Å²) in [7, 11) is 0.